The third kappa shape index (κ3) is 2.78. The molecule has 2 aromatic carbocycles. The highest BCUT2D eigenvalue weighted by Gasteiger charge is 2.17. The lowest BCUT2D eigenvalue weighted by atomic mass is 9.97. The maximum Gasteiger partial charge on any atom is 0.122 e. The zero-order chi connectivity index (χ0) is 14.1. The Kier molecular flexibility index (Phi) is 4.15. The van der Waals surface area contributed by atoms with Gasteiger partial charge in [-0.1, -0.05) is 37.9 Å². The Bertz CT molecular complexity index is 640. The SMILES string of the molecule is OC(c1ccc2c(c1)CCCO2)c1cc(Br)ccc1Br. The van der Waals surface area contributed by atoms with Gasteiger partial charge in [0.15, 0.2) is 0 Å². The topological polar surface area (TPSA) is 29.5 Å². The molecule has 20 heavy (non-hydrogen) atoms. The zero-order valence-electron chi connectivity index (χ0n) is 10.8. The van der Waals surface area contributed by atoms with Crippen LogP contribution in [-0.4, -0.2) is 11.7 Å². The minimum atomic E-state index is -0.644. The van der Waals surface area contributed by atoms with E-state index in [1.807, 2.05) is 36.4 Å². The largest absolute Gasteiger partial charge is 0.493 e. The van der Waals surface area contributed by atoms with Gasteiger partial charge in [0.1, 0.15) is 11.9 Å². The van der Waals surface area contributed by atoms with Gasteiger partial charge in [-0.05, 0) is 54.3 Å². The fourth-order valence-corrected chi connectivity index (χ4v) is 3.30. The van der Waals surface area contributed by atoms with Crippen molar-refractivity contribution in [3.63, 3.8) is 0 Å². The van der Waals surface area contributed by atoms with Crippen molar-refractivity contribution >= 4 is 31.9 Å². The second kappa shape index (κ2) is 5.88. The predicted octanol–water partition coefficient (Wildman–Crippen LogP) is 4.62. The monoisotopic (exact) mass is 396 g/mol. The number of benzene rings is 2. The Hall–Kier alpha value is -0.840. The Labute approximate surface area is 135 Å². The molecule has 0 saturated carbocycles. The van der Waals surface area contributed by atoms with Crippen LogP contribution in [-0.2, 0) is 6.42 Å². The molecular weight excluding hydrogens is 384 g/mol. The van der Waals surface area contributed by atoms with E-state index >= 15 is 0 Å². The molecule has 0 fully saturated rings. The molecule has 3 rings (SSSR count). The van der Waals surface area contributed by atoms with E-state index in [4.69, 9.17) is 4.74 Å². The molecule has 1 N–H and O–H groups in total. The minimum absolute atomic E-state index is 0.644. The van der Waals surface area contributed by atoms with Crippen molar-refractivity contribution in [1.82, 2.24) is 0 Å². The van der Waals surface area contributed by atoms with E-state index in [1.54, 1.807) is 0 Å². The summed E-state index contributed by atoms with van der Waals surface area (Å²) in [5.74, 6) is 0.945. The highest BCUT2D eigenvalue weighted by Crippen LogP contribution is 2.34. The second-order valence-electron chi connectivity index (χ2n) is 4.89. The summed E-state index contributed by atoms with van der Waals surface area (Å²) in [7, 11) is 0. The van der Waals surface area contributed by atoms with Crippen molar-refractivity contribution in [3.8, 4) is 5.75 Å². The molecule has 0 aromatic heterocycles. The Morgan fingerprint density at radius 2 is 1.95 bits per heavy atom. The van der Waals surface area contributed by atoms with Gasteiger partial charge in [-0.15, -0.1) is 0 Å². The Morgan fingerprint density at radius 1 is 1.10 bits per heavy atom. The van der Waals surface area contributed by atoms with Crippen LogP contribution >= 0.6 is 31.9 Å². The molecular formula is C16H14Br2O2. The maximum atomic E-state index is 10.6. The molecule has 104 valence electrons. The summed E-state index contributed by atoms with van der Waals surface area (Å²) in [6.45, 7) is 0.784. The lowest BCUT2D eigenvalue weighted by Crippen LogP contribution is -2.09. The molecule has 0 bridgehead atoms. The summed E-state index contributed by atoms with van der Waals surface area (Å²) in [6, 6.07) is 11.8. The van der Waals surface area contributed by atoms with E-state index in [-0.39, 0.29) is 0 Å². The van der Waals surface area contributed by atoms with Gasteiger partial charge in [0.2, 0.25) is 0 Å². The van der Waals surface area contributed by atoms with Gasteiger partial charge in [-0.25, -0.2) is 0 Å². The van der Waals surface area contributed by atoms with Crippen LogP contribution in [0.25, 0.3) is 0 Å². The number of aliphatic hydroxyl groups excluding tert-OH is 1. The molecule has 1 unspecified atom stereocenters. The average Bonchev–Trinajstić information content (AvgIpc) is 2.48. The summed E-state index contributed by atoms with van der Waals surface area (Å²) in [5.41, 5.74) is 2.93. The van der Waals surface area contributed by atoms with Crippen molar-refractivity contribution in [1.29, 1.82) is 0 Å². The number of rotatable bonds is 2. The molecule has 1 heterocycles. The molecule has 0 spiro atoms. The molecule has 1 aliphatic heterocycles. The van der Waals surface area contributed by atoms with E-state index in [1.165, 1.54) is 5.56 Å². The molecule has 0 amide bonds. The van der Waals surface area contributed by atoms with Gasteiger partial charge >= 0.3 is 0 Å². The zero-order valence-corrected chi connectivity index (χ0v) is 13.9. The Morgan fingerprint density at radius 3 is 2.80 bits per heavy atom. The summed E-state index contributed by atoms with van der Waals surface area (Å²) in [6.07, 6.45) is 1.40. The molecule has 2 nitrogen and oxygen atoms in total. The molecule has 0 saturated heterocycles. The van der Waals surface area contributed by atoms with E-state index < -0.39 is 6.10 Å². The number of halogens is 2. The van der Waals surface area contributed by atoms with Gasteiger partial charge < -0.3 is 9.84 Å². The first kappa shape index (κ1) is 14.1. The molecule has 1 atom stereocenters. The summed E-state index contributed by atoms with van der Waals surface area (Å²) >= 11 is 6.94. The first-order valence-electron chi connectivity index (χ1n) is 6.54. The summed E-state index contributed by atoms with van der Waals surface area (Å²) in [5, 5.41) is 10.6. The van der Waals surface area contributed by atoms with Crippen LogP contribution in [0.4, 0.5) is 0 Å². The molecule has 1 aliphatic rings. The lowest BCUT2D eigenvalue weighted by molar-refractivity contribution is 0.218. The highest BCUT2D eigenvalue weighted by molar-refractivity contribution is 9.11. The number of ether oxygens (including phenoxy) is 1. The average molecular weight is 398 g/mol. The normalized spacial score (nSPS) is 15.3. The predicted molar refractivity (Wildman–Crippen MR) is 86.2 cm³/mol. The quantitative estimate of drug-likeness (QED) is 0.801. The van der Waals surface area contributed by atoms with Crippen LogP contribution in [0.5, 0.6) is 5.75 Å². The number of aliphatic hydroxyl groups is 1. The van der Waals surface area contributed by atoms with Crippen LogP contribution in [0.1, 0.15) is 29.2 Å². The number of aryl methyl sites for hydroxylation is 1. The van der Waals surface area contributed by atoms with Crippen molar-refractivity contribution in [2.75, 3.05) is 6.61 Å². The fraction of sp³-hybridized carbons (Fsp3) is 0.250. The van der Waals surface area contributed by atoms with Crippen molar-refractivity contribution < 1.29 is 9.84 Å². The van der Waals surface area contributed by atoms with Gasteiger partial charge in [0, 0.05) is 14.5 Å². The lowest BCUT2D eigenvalue weighted by Gasteiger charge is -2.20. The third-order valence-corrected chi connectivity index (χ3v) is 4.72. The van der Waals surface area contributed by atoms with Crippen molar-refractivity contribution in [3.05, 3.63) is 62.0 Å². The number of hydrogen-bond donors (Lipinski definition) is 1. The van der Waals surface area contributed by atoms with E-state index in [0.717, 1.165) is 45.3 Å². The van der Waals surface area contributed by atoms with Gasteiger partial charge in [-0.3, -0.25) is 0 Å². The van der Waals surface area contributed by atoms with Crippen LogP contribution < -0.4 is 4.74 Å². The molecule has 0 aliphatic carbocycles. The number of fused-ring (bicyclic) bond motifs is 1. The fourth-order valence-electron chi connectivity index (χ4n) is 2.45. The van der Waals surface area contributed by atoms with Crippen LogP contribution in [0.2, 0.25) is 0 Å². The summed E-state index contributed by atoms with van der Waals surface area (Å²) < 4.78 is 7.47. The summed E-state index contributed by atoms with van der Waals surface area (Å²) in [4.78, 5) is 0. The highest BCUT2D eigenvalue weighted by atomic mass is 79.9. The number of hydrogen-bond acceptors (Lipinski definition) is 2. The van der Waals surface area contributed by atoms with Crippen LogP contribution in [0.3, 0.4) is 0 Å². The molecule has 4 heteroatoms. The van der Waals surface area contributed by atoms with E-state index in [2.05, 4.69) is 31.9 Å². The smallest absolute Gasteiger partial charge is 0.122 e. The third-order valence-electron chi connectivity index (χ3n) is 3.50. The van der Waals surface area contributed by atoms with E-state index in [0.29, 0.717) is 0 Å². The van der Waals surface area contributed by atoms with Gasteiger partial charge in [-0.2, -0.15) is 0 Å². The first-order valence-corrected chi connectivity index (χ1v) is 8.12. The van der Waals surface area contributed by atoms with Crippen LogP contribution in [0.15, 0.2) is 45.3 Å². The van der Waals surface area contributed by atoms with Crippen molar-refractivity contribution in [2.45, 2.75) is 18.9 Å². The Balaban J connectivity index is 1.97. The standard InChI is InChI=1S/C16H14Br2O2/c17-12-4-5-14(18)13(9-12)16(19)11-3-6-15-10(8-11)2-1-7-20-15/h3-6,8-9,16,19H,1-2,7H2. The molecule has 2 aromatic rings. The second-order valence-corrected chi connectivity index (χ2v) is 6.66. The van der Waals surface area contributed by atoms with E-state index in [9.17, 15) is 5.11 Å². The molecule has 0 radical (unpaired) electrons. The van der Waals surface area contributed by atoms with Gasteiger partial charge in [0.25, 0.3) is 0 Å². The maximum absolute atomic E-state index is 10.6. The van der Waals surface area contributed by atoms with Crippen LogP contribution in [0, 0.1) is 0 Å². The first-order chi connectivity index (χ1) is 9.65. The van der Waals surface area contributed by atoms with Crippen molar-refractivity contribution in [2.24, 2.45) is 0 Å². The van der Waals surface area contributed by atoms with Gasteiger partial charge in [0.05, 0.1) is 6.61 Å². The minimum Gasteiger partial charge on any atom is -0.493 e.